The molecule has 120 valence electrons. The van der Waals surface area contributed by atoms with Gasteiger partial charge in [0, 0.05) is 12.6 Å². The first kappa shape index (κ1) is 18.2. The van der Waals surface area contributed by atoms with Crippen molar-refractivity contribution in [2.24, 2.45) is 0 Å². The van der Waals surface area contributed by atoms with Gasteiger partial charge in [0.25, 0.3) is 0 Å². The molecular formula is C19H33NO. The Kier molecular flexibility index (Phi) is 10.2. The average Bonchev–Trinajstić information content (AvgIpc) is 2.53. The standard InChI is InChI=1S/C19H33NO/c1-4-7-8-12-15-18(20-16-5-2)19(21-6-3)17-13-10-9-11-14-17/h9-11,13-14,18-20H,4-8,12,15-16H2,1-3H3. The SMILES string of the molecule is CCCCCCC(NCCC)C(OCC)c1ccccc1. The van der Waals surface area contributed by atoms with E-state index in [9.17, 15) is 0 Å². The first-order valence-electron chi connectivity index (χ1n) is 8.73. The van der Waals surface area contributed by atoms with Crippen LogP contribution in [-0.2, 0) is 4.74 Å². The zero-order valence-corrected chi connectivity index (χ0v) is 14.1. The number of unbranched alkanes of at least 4 members (excludes halogenated alkanes) is 3. The van der Waals surface area contributed by atoms with Gasteiger partial charge in [0.15, 0.2) is 0 Å². The van der Waals surface area contributed by atoms with Crippen LogP contribution in [0.4, 0.5) is 0 Å². The molecule has 1 rings (SSSR count). The van der Waals surface area contributed by atoms with Crippen LogP contribution in [0.2, 0.25) is 0 Å². The number of rotatable bonds is 12. The monoisotopic (exact) mass is 291 g/mol. The average molecular weight is 291 g/mol. The minimum atomic E-state index is 0.171. The molecule has 0 radical (unpaired) electrons. The van der Waals surface area contributed by atoms with E-state index in [0.717, 1.165) is 13.2 Å². The lowest BCUT2D eigenvalue weighted by molar-refractivity contribution is 0.0302. The topological polar surface area (TPSA) is 21.3 Å². The van der Waals surface area contributed by atoms with Crippen LogP contribution in [0.5, 0.6) is 0 Å². The highest BCUT2D eigenvalue weighted by molar-refractivity contribution is 5.19. The fourth-order valence-electron chi connectivity index (χ4n) is 2.75. The number of nitrogens with one attached hydrogen (secondary N) is 1. The molecule has 0 aliphatic heterocycles. The molecule has 21 heavy (non-hydrogen) atoms. The number of benzene rings is 1. The second-order valence-corrected chi connectivity index (χ2v) is 5.70. The molecular weight excluding hydrogens is 258 g/mol. The van der Waals surface area contributed by atoms with Crippen molar-refractivity contribution in [1.29, 1.82) is 0 Å². The van der Waals surface area contributed by atoms with Gasteiger partial charge in [-0.2, -0.15) is 0 Å². The van der Waals surface area contributed by atoms with E-state index in [2.05, 4.69) is 56.4 Å². The molecule has 2 atom stereocenters. The smallest absolute Gasteiger partial charge is 0.0977 e. The highest BCUT2D eigenvalue weighted by atomic mass is 16.5. The van der Waals surface area contributed by atoms with Gasteiger partial charge >= 0.3 is 0 Å². The zero-order chi connectivity index (χ0) is 15.3. The molecule has 0 amide bonds. The summed E-state index contributed by atoms with van der Waals surface area (Å²) in [5.41, 5.74) is 1.29. The highest BCUT2D eigenvalue weighted by Gasteiger charge is 2.22. The largest absolute Gasteiger partial charge is 0.372 e. The van der Waals surface area contributed by atoms with Gasteiger partial charge in [0.2, 0.25) is 0 Å². The minimum Gasteiger partial charge on any atom is -0.372 e. The van der Waals surface area contributed by atoms with Crippen molar-refractivity contribution in [3.05, 3.63) is 35.9 Å². The molecule has 0 saturated carbocycles. The number of hydrogen-bond acceptors (Lipinski definition) is 2. The summed E-state index contributed by atoms with van der Waals surface area (Å²) in [6, 6.07) is 11.1. The van der Waals surface area contributed by atoms with Crippen molar-refractivity contribution in [3.8, 4) is 0 Å². The van der Waals surface area contributed by atoms with Gasteiger partial charge in [-0.1, -0.05) is 69.9 Å². The van der Waals surface area contributed by atoms with Crippen molar-refractivity contribution in [2.75, 3.05) is 13.2 Å². The Morgan fingerprint density at radius 2 is 1.71 bits per heavy atom. The van der Waals surface area contributed by atoms with Crippen LogP contribution >= 0.6 is 0 Å². The number of ether oxygens (including phenoxy) is 1. The lowest BCUT2D eigenvalue weighted by Gasteiger charge is -2.28. The second-order valence-electron chi connectivity index (χ2n) is 5.70. The van der Waals surface area contributed by atoms with Crippen molar-refractivity contribution >= 4 is 0 Å². The Morgan fingerprint density at radius 1 is 0.952 bits per heavy atom. The van der Waals surface area contributed by atoms with Crippen LogP contribution < -0.4 is 5.32 Å². The molecule has 1 aromatic carbocycles. The third-order valence-corrected chi connectivity index (χ3v) is 3.86. The summed E-state index contributed by atoms with van der Waals surface area (Å²) >= 11 is 0. The van der Waals surface area contributed by atoms with Gasteiger partial charge in [0.1, 0.15) is 0 Å². The predicted molar refractivity (Wildman–Crippen MR) is 91.6 cm³/mol. The zero-order valence-electron chi connectivity index (χ0n) is 14.1. The third-order valence-electron chi connectivity index (χ3n) is 3.86. The molecule has 2 unspecified atom stereocenters. The Balaban J connectivity index is 2.69. The summed E-state index contributed by atoms with van der Waals surface area (Å²) in [4.78, 5) is 0. The van der Waals surface area contributed by atoms with E-state index in [-0.39, 0.29) is 6.10 Å². The van der Waals surface area contributed by atoms with E-state index in [4.69, 9.17) is 4.74 Å². The van der Waals surface area contributed by atoms with E-state index in [1.54, 1.807) is 0 Å². The summed E-state index contributed by atoms with van der Waals surface area (Å²) in [5.74, 6) is 0. The molecule has 1 aromatic rings. The van der Waals surface area contributed by atoms with E-state index in [0.29, 0.717) is 6.04 Å². The lowest BCUT2D eigenvalue weighted by atomic mass is 9.96. The molecule has 2 heteroatoms. The molecule has 0 aliphatic rings. The first-order valence-corrected chi connectivity index (χ1v) is 8.73. The summed E-state index contributed by atoms with van der Waals surface area (Å²) in [6.07, 6.45) is 7.77. The Hall–Kier alpha value is -0.860. The Bertz CT molecular complexity index is 339. The third kappa shape index (κ3) is 7.10. The summed E-state index contributed by atoms with van der Waals surface area (Å²) in [5, 5.41) is 3.70. The highest BCUT2D eigenvalue weighted by Crippen LogP contribution is 2.25. The van der Waals surface area contributed by atoms with Gasteiger partial charge in [-0.25, -0.2) is 0 Å². The molecule has 2 nitrogen and oxygen atoms in total. The molecule has 0 saturated heterocycles. The van der Waals surface area contributed by atoms with E-state index in [1.165, 1.54) is 44.1 Å². The lowest BCUT2D eigenvalue weighted by Crippen LogP contribution is -2.36. The van der Waals surface area contributed by atoms with Crippen LogP contribution in [0.1, 0.15) is 71.0 Å². The second kappa shape index (κ2) is 11.8. The Morgan fingerprint density at radius 3 is 2.33 bits per heavy atom. The van der Waals surface area contributed by atoms with Crippen molar-refractivity contribution in [1.82, 2.24) is 5.32 Å². The van der Waals surface area contributed by atoms with Crippen LogP contribution in [0.3, 0.4) is 0 Å². The maximum atomic E-state index is 6.08. The molecule has 0 aliphatic carbocycles. The van der Waals surface area contributed by atoms with Crippen LogP contribution in [0.15, 0.2) is 30.3 Å². The molecule has 0 spiro atoms. The van der Waals surface area contributed by atoms with Crippen LogP contribution in [-0.4, -0.2) is 19.2 Å². The maximum Gasteiger partial charge on any atom is 0.0977 e. The Labute approximate surface area is 131 Å². The van der Waals surface area contributed by atoms with Crippen molar-refractivity contribution in [2.45, 2.75) is 71.4 Å². The summed E-state index contributed by atoms with van der Waals surface area (Å²) in [6.45, 7) is 8.40. The fourth-order valence-corrected chi connectivity index (χ4v) is 2.75. The maximum absolute atomic E-state index is 6.08. The van der Waals surface area contributed by atoms with Crippen molar-refractivity contribution < 1.29 is 4.74 Å². The predicted octanol–water partition coefficient (Wildman–Crippen LogP) is 5.10. The number of hydrogen-bond donors (Lipinski definition) is 1. The van der Waals surface area contributed by atoms with E-state index in [1.807, 2.05) is 0 Å². The quantitative estimate of drug-likeness (QED) is 0.541. The molecule has 0 aromatic heterocycles. The van der Waals surface area contributed by atoms with Gasteiger partial charge in [-0.3, -0.25) is 0 Å². The van der Waals surface area contributed by atoms with E-state index < -0.39 is 0 Å². The molecule has 0 bridgehead atoms. The van der Waals surface area contributed by atoms with Crippen LogP contribution in [0.25, 0.3) is 0 Å². The molecule has 0 heterocycles. The van der Waals surface area contributed by atoms with Crippen molar-refractivity contribution in [3.63, 3.8) is 0 Å². The van der Waals surface area contributed by atoms with Crippen LogP contribution in [0, 0.1) is 0 Å². The minimum absolute atomic E-state index is 0.171. The van der Waals surface area contributed by atoms with Gasteiger partial charge in [0.05, 0.1) is 6.10 Å². The summed E-state index contributed by atoms with van der Waals surface area (Å²) in [7, 11) is 0. The van der Waals surface area contributed by atoms with Gasteiger partial charge in [-0.15, -0.1) is 0 Å². The van der Waals surface area contributed by atoms with Gasteiger partial charge < -0.3 is 10.1 Å². The fraction of sp³-hybridized carbons (Fsp3) is 0.684. The molecule has 1 N–H and O–H groups in total. The normalized spacial score (nSPS) is 14.0. The van der Waals surface area contributed by atoms with Gasteiger partial charge in [-0.05, 0) is 31.9 Å². The first-order chi connectivity index (χ1) is 10.3. The van der Waals surface area contributed by atoms with E-state index >= 15 is 0 Å². The summed E-state index contributed by atoms with van der Waals surface area (Å²) < 4.78 is 6.08. The molecule has 0 fully saturated rings.